The first-order valence-corrected chi connectivity index (χ1v) is 11.5. The normalized spacial score (nSPS) is 15.4. The molecular weight excluding hydrogens is 400 g/mol. The van der Waals surface area contributed by atoms with Gasteiger partial charge in [-0.2, -0.15) is 8.42 Å². The fourth-order valence-electron chi connectivity index (χ4n) is 3.50. The smallest absolute Gasteiger partial charge is 0.284 e. The predicted octanol–water partition coefficient (Wildman–Crippen LogP) is 3.95. The summed E-state index contributed by atoms with van der Waals surface area (Å²) in [5.41, 5.74) is 1.31. The highest BCUT2D eigenvalue weighted by molar-refractivity contribution is 7.89. The Labute approximate surface area is 176 Å². The van der Waals surface area contributed by atoms with Crippen molar-refractivity contribution in [2.75, 3.05) is 5.32 Å². The minimum Gasteiger partial charge on any atom is -0.326 e. The first-order chi connectivity index (χ1) is 14.4. The molecule has 4 rings (SSSR count). The molecule has 2 aromatic carbocycles. The Morgan fingerprint density at radius 3 is 2.47 bits per heavy atom. The summed E-state index contributed by atoms with van der Waals surface area (Å²) in [7, 11) is -3.87. The van der Waals surface area contributed by atoms with Gasteiger partial charge in [-0.05, 0) is 36.6 Å². The molecule has 1 aliphatic carbocycles. The van der Waals surface area contributed by atoms with Crippen LogP contribution in [0.1, 0.15) is 32.6 Å². The van der Waals surface area contributed by atoms with Gasteiger partial charge >= 0.3 is 0 Å². The van der Waals surface area contributed by atoms with Crippen LogP contribution in [0, 0.1) is 11.8 Å². The molecule has 1 fully saturated rings. The molecule has 1 N–H and O–H groups in total. The molecule has 8 heteroatoms. The first kappa shape index (κ1) is 20.3. The van der Waals surface area contributed by atoms with Crippen molar-refractivity contribution in [1.29, 1.82) is 0 Å². The summed E-state index contributed by atoms with van der Waals surface area (Å²) in [4.78, 5) is 16.6. The Balaban J connectivity index is 1.45. The van der Waals surface area contributed by atoms with E-state index < -0.39 is 10.0 Å². The molecule has 1 aliphatic rings. The molecule has 1 heterocycles. The van der Waals surface area contributed by atoms with Crippen molar-refractivity contribution in [3.05, 3.63) is 60.9 Å². The lowest BCUT2D eigenvalue weighted by atomic mass is 9.79. The van der Waals surface area contributed by atoms with Crippen LogP contribution in [-0.2, 0) is 14.8 Å². The van der Waals surface area contributed by atoms with Crippen LogP contribution in [0.5, 0.6) is 0 Å². The van der Waals surface area contributed by atoms with Crippen LogP contribution in [-0.4, -0.2) is 28.5 Å². The zero-order valence-electron chi connectivity index (χ0n) is 16.7. The lowest BCUT2D eigenvalue weighted by molar-refractivity contribution is -0.120. The molecule has 1 aromatic heterocycles. The molecule has 0 spiro atoms. The fourth-order valence-corrected chi connectivity index (χ4v) is 4.56. The fraction of sp³-hybridized carbons (Fsp3) is 0.318. The van der Waals surface area contributed by atoms with Crippen LogP contribution in [0.25, 0.3) is 11.4 Å². The van der Waals surface area contributed by atoms with E-state index in [-0.39, 0.29) is 16.7 Å². The molecule has 1 amide bonds. The van der Waals surface area contributed by atoms with Crippen LogP contribution >= 0.6 is 0 Å². The van der Waals surface area contributed by atoms with Crippen LogP contribution < -0.4 is 5.32 Å². The Morgan fingerprint density at radius 1 is 1.13 bits per heavy atom. The largest absolute Gasteiger partial charge is 0.326 e. The molecule has 0 bridgehead atoms. The summed E-state index contributed by atoms with van der Waals surface area (Å²) in [5, 5.41) is 6.98. The second-order valence-corrected chi connectivity index (χ2v) is 9.55. The molecule has 7 nitrogen and oxygen atoms in total. The van der Waals surface area contributed by atoms with Crippen molar-refractivity contribution in [2.45, 2.75) is 37.5 Å². The van der Waals surface area contributed by atoms with Gasteiger partial charge < -0.3 is 5.32 Å². The van der Waals surface area contributed by atoms with E-state index in [1.165, 1.54) is 37.7 Å². The lowest BCUT2D eigenvalue weighted by Crippen LogP contribution is -2.25. The van der Waals surface area contributed by atoms with E-state index in [2.05, 4.69) is 15.4 Å². The van der Waals surface area contributed by atoms with E-state index >= 15 is 0 Å². The summed E-state index contributed by atoms with van der Waals surface area (Å²) >= 11 is 0. The van der Waals surface area contributed by atoms with E-state index in [0.717, 1.165) is 16.1 Å². The topological polar surface area (TPSA) is 94.0 Å². The average molecular weight is 425 g/mol. The lowest BCUT2D eigenvalue weighted by Gasteiger charge is -2.27. The van der Waals surface area contributed by atoms with Gasteiger partial charge in [0.1, 0.15) is 6.33 Å². The van der Waals surface area contributed by atoms with Crippen molar-refractivity contribution >= 4 is 21.6 Å². The SMILES string of the molecule is CC(CC1CCC1)C(=O)Nc1ccc(S(=O)(=O)n2cnc(-c3ccccc3)n2)cc1. The number of nitrogens with zero attached hydrogens (tertiary/aromatic N) is 3. The number of carbonyl (C=O) groups is 1. The number of aromatic nitrogens is 3. The van der Waals surface area contributed by atoms with E-state index in [0.29, 0.717) is 17.4 Å². The molecular formula is C22H24N4O3S. The summed E-state index contributed by atoms with van der Waals surface area (Å²) in [6.45, 7) is 1.93. The third kappa shape index (κ3) is 4.28. The Bertz CT molecular complexity index is 1120. The summed E-state index contributed by atoms with van der Waals surface area (Å²) in [5.74, 6) is 0.886. The zero-order valence-corrected chi connectivity index (χ0v) is 17.5. The van der Waals surface area contributed by atoms with Gasteiger partial charge in [-0.1, -0.05) is 56.5 Å². The van der Waals surface area contributed by atoms with Crippen LogP contribution in [0.15, 0.2) is 65.8 Å². The van der Waals surface area contributed by atoms with E-state index in [4.69, 9.17) is 0 Å². The molecule has 1 saturated carbocycles. The first-order valence-electron chi connectivity index (χ1n) is 10.1. The van der Waals surface area contributed by atoms with Gasteiger partial charge in [0.05, 0.1) is 4.90 Å². The number of nitrogens with one attached hydrogen (secondary N) is 1. The Kier molecular flexibility index (Phi) is 5.67. The second kappa shape index (κ2) is 8.39. The minimum atomic E-state index is -3.87. The van der Waals surface area contributed by atoms with Crippen molar-refractivity contribution < 1.29 is 13.2 Å². The summed E-state index contributed by atoms with van der Waals surface area (Å²) in [6.07, 6.45) is 5.76. The summed E-state index contributed by atoms with van der Waals surface area (Å²) < 4.78 is 26.6. The number of anilines is 1. The molecule has 0 radical (unpaired) electrons. The molecule has 0 aliphatic heterocycles. The Hall–Kier alpha value is -3.00. The van der Waals surface area contributed by atoms with Crippen molar-refractivity contribution in [1.82, 2.24) is 14.2 Å². The highest BCUT2D eigenvalue weighted by Gasteiger charge is 2.24. The van der Waals surface area contributed by atoms with E-state index in [1.54, 1.807) is 12.1 Å². The average Bonchev–Trinajstić information content (AvgIpc) is 3.23. The number of benzene rings is 2. The Morgan fingerprint density at radius 2 is 1.83 bits per heavy atom. The van der Waals surface area contributed by atoms with Gasteiger partial charge in [-0.25, -0.2) is 4.98 Å². The third-order valence-electron chi connectivity index (χ3n) is 5.53. The molecule has 1 unspecified atom stereocenters. The van der Waals surface area contributed by atoms with Gasteiger partial charge in [0.2, 0.25) is 5.91 Å². The van der Waals surface area contributed by atoms with Crippen LogP contribution in [0.2, 0.25) is 0 Å². The molecule has 156 valence electrons. The maximum Gasteiger partial charge on any atom is 0.284 e. The van der Waals surface area contributed by atoms with E-state index in [9.17, 15) is 13.2 Å². The highest BCUT2D eigenvalue weighted by atomic mass is 32.2. The highest BCUT2D eigenvalue weighted by Crippen LogP contribution is 2.32. The molecule has 1 atom stereocenters. The monoisotopic (exact) mass is 424 g/mol. The van der Waals surface area contributed by atoms with Crippen molar-refractivity contribution in [3.8, 4) is 11.4 Å². The number of hydrogen-bond donors (Lipinski definition) is 1. The predicted molar refractivity (Wildman–Crippen MR) is 114 cm³/mol. The van der Waals surface area contributed by atoms with Gasteiger partial charge in [-0.15, -0.1) is 9.19 Å². The third-order valence-corrected chi connectivity index (χ3v) is 7.07. The molecule has 0 saturated heterocycles. The number of hydrogen-bond acceptors (Lipinski definition) is 5. The maximum absolute atomic E-state index is 12.9. The van der Waals surface area contributed by atoms with Crippen LogP contribution in [0.4, 0.5) is 5.69 Å². The standard InChI is InChI=1S/C22H24N4O3S/c1-16(14-17-6-5-7-17)22(27)24-19-10-12-20(13-11-19)30(28,29)26-15-23-21(25-26)18-8-3-2-4-9-18/h2-4,8-13,15-17H,5-7,14H2,1H3,(H,24,27). The van der Waals surface area contributed by atoms with Gasteiger partial charge in [0.25, 0.3) is 10.0 Å². The number of rotatable bonds is 7. The van der Waals surface area contributed by atoms with Gasteiger partial charge in [-0.3, -0.25) is 4.79 Å². The maximum atomic E-state index is 12.9. The van der Waals surface area contributed by atoms with Crippen LogP contribution in [0.3, 0.4) is 0 Å². The quantitative estimate of drug-likeness (QED) is 0.620. The van der Waals surface area contributed by atoms with Gasteiger partial charge in [0.15, 0.2) is 5.82 Å². The number of amides is 1. The molecule has 30 heavy (non-hydrogen) atoms. The summed E-state index contributed by atoms with van der Waals surface area (Å²) in [6, 6.07) is 15.3. The minimum absolute atomic E-state index is 0.0405. The van der Waals surface area contributed by atoms with E-state index in [1.807, 2.05) is 37.3 Å². The number of carbonyl (C=O) groups excluding carboxylic acids is 1. The second-order valence-electron chi connectivity index (χ2n) is 7.76. The van der Waals surface area contributed by atoms with Crippen molar-refractivity contribution in [2.24, 2.45) is 11.8 Å². The zero-order chi connectivity index (χ0) is 21.1. The molecule has 3 aromatic rings. The van der Waals surface area contributed by atoms with Crippen molar-refractivity contribution in [3.63, 3.8) is 0 Å². The van der Waals surface area contributed by atoms with Gasteiger partial charge in [0, 0.05) is 17.2 Å².